The summed E-state index contributed by atoms with van der Waals surface area (Å²) in [5.41, 5.74) is 2.59. The van der Waals surface area contributed by atoms with Gasteiger partial charge in [0.15, 0.2) is 5.78 Å². The van der Waals surface area contributed by atoms with Crippen molar-refractivity contribution >= 4 is 27.5 Å². The molecule has 4 aromatic rings. The lowest BCUT2D eigenvalue weighted by molar-refractivity contribution is 0.104. The van der Waals surface area contributed by atoms with E-state index in [0.717, 1.165) is 58.6 Å². The number of carbonyl (C=O) groups is 1. The van der Waals surface area contributed by atoms with E-state index in [1.165, 1.54) is 0 Å². The van der Waals surface area contributed by atoms with Crippen LogP contribution in [0.15, 0.2) is 72.9 Å². The first-order valence-electron chi connectivity index (χ1n) is 9.51. The molecule has 0 unspecified atom stereocenters. The molecule has 3 aromatic carbocycles. The number of aliphatic hydroxyl groups excluding tert-OH is 1. The number of hydrogen-bond acceptors (Lipinski definition) is 2. The molecule has 0 aliphatic rings. The Balaban J connectivity index is 1.75. The van der Waals surface area contributed by atoms with Gasteiger partial charge < -0.3 is 9.67 Å². The zero-order valence-corrected chi connectivity index (χ0v) is 15.3. The Morgan fingerprint density at radius 3 is 2.37 bits per heavy atom. The number of fused-ring (bicyclic) bond motifs is 2. The normalized spacial score (nSPS) is 11.3. The van der Waals surface area contributed by atoms with E-state index < -0.39 is 0 Å². The highest BCUT2D eigenvalue weighted by Crippen LogP contribution is 2.27. The van der Waals surface area contributed by atoms with Crippen molar-refractivity contribution in [1.82, 2.24) is 4.57 Å². The van der Waals surface area contributed by atoms with Crippen LogP contribution < -0.4 is 0 Å². The highest BCUT2D eigenvalue weighted by molar-refractivity contribution is 6.21. The summed E-state index contributed by atoms with van der Waals surface area (Å²) >= 11 is 0. The van der Waals surface area contributed by atoms with Crippen LogP contribution in [-0.4, -0.2) is 22.1 Å². The van der Waals surface area contributed by atoms with Crippen LogP contribution in [0.5, 0.6) is 0 Å². The van der Waals surface area contributed by atoms with Gasteiger partial charge in [0.05, 0.1) is 0 Å². The van der Waals surface area contributed by atoms with E-state index in [1.54, 1.807) is 0 Å². The van der Waals surface area contributed by atoms with Crippen molar-refractivity contribution in [2.75, 3.05) is 6.61 Å². The predicted octanol–water partition coefficient (Wildman–Crippen LogP) is 5.19. The summed E-state index contributed by atoms with van der Waals surface area (Å²) < 4.78 is 2.17. The largest absolute Gasteiger partial charge is 0.396 e. The van der Waals surface area contributed by atoms with E-state index in [0.29, 0.717) is 0 Å². The Labute approximate surface area is 158 Å². The zero-order chi connectivity index (χ0) is 18.6. The number of ketones is 1. The lowest BCUT2D eigenvalue weighted by Crippen LogP contribution is -2.02. The Kier molecular flexibility index (Phi) is 5.03. The monoisotopic (exact) mass is 363 g/mol. The van der Waals surface area contributed by atoms with Gasteiger partial charge in [-0.1, -0.05) is 60.7 Å². The van der Waals surface area contributed by atoms with Gasteiger partial charge in [-0.25, -0.2) is 0 Å². The molecule has 27 heavy (non-hydrogen) atoms. The van der Waals surface area contributed by atoms with Gasteiger partial charge in [-0.2, -0.15) is 0 Å². The zero-order valence-electron chi connectivity index (χ0n) is 15.3. The standard InChI is InChI=1S/C24H23NO2/c26-16-7-1-6-15-25-17-22(20-12-4-5-14-23(20)25)24(27)21-13-8-10-18-9-2-3-11-19(18)21/h2-5,8-14,17,26H,1,6-7,15-16H2/i4+1,5+1,12+1,14+1,20+1,23+1. The van der Waals surface area contributed by atoms with E-state index in [9.17, 15) is 4.79 Å². The fourth-order valence-electron chi connectivity index (χ4n) is 3.75. The Morgan fingerprint density at radius 1 is 0.778 bits per heavy atom. The Morgan fingerprint density at radius 2 is 1.52 bits per heavy atom. The molecule has 0 fully saturated rings. The van der Waals surface area contributed by atoms with Crippen molar-refractivity contribution < 1.29 is 9.90 Å². The molecule has 3 nitrogen and oxygen atoms in total. The van der Waals surface area contributed by atoms with E-state index >= 15 is 0 Å². The molecule has 4 rings (SSSR count). The number of aryl methyl sites for hydroxylation is 1. The molecule has 0 saturated heterocycles. The fraction of sp³-hybridized carbons (Fsp3) is 0.208. The third-order valence-corrected chi connectivity index (χ3v) is 5.12. The highest BCUT2D eigenvalue weighted by Gasteiger charge is 2.18. The molecule has 1 aromatic heterocycles. The van der Waals surface area contributed by atoms with Crippen LogP contribution in [-0.2, 0) is 6.54 Å². The molecule has 0 bridgehead atoms. The first kappa shape index (κ1) is 17.5. The molecule has 0 atom stereocenters. The summed E-state index contributed by atoms with van der Waals surface area (Å²) in [6.07, 6.45) is 4.78. The molecular formula is C24H23NO2. The maximum atomic E-state index is 13.4. The minimum Gasteiger partial charge on any atom is -0.396 e. The summed E-state index contributed by atoms with van der Waals surface area (Å²) in [6.45, 7) is 1.08. The van der Waals surface area contributed by atoms with Gasteiger partial charge in [0, 0.05) is 41.4 Å². The second kappa shape index (κ2) is 7.77. The number of hydrogen-bond donors (Lipinski definition) is 1. The van der Waals surface area contributed by atoms with E-state index in [1.807, 2.05) is 66.9 Å². The number of rotatable bonds is 7. The maximum absolute atomic E-state index is 13.4. The number of nitrogens with zero attached hydrogens (tertiary/aromatic N) is 1. The number of para-hydroxylation sites is 1. The van der Waals surface area contributed by atoms with Gasteiger partial charge in [0.25, 0.3) is 0 Å². The minimum absolute atomic E-state index is 0.0668. The van der Waals surface area contributed by atoms with Crippen molar-refractivity contribution in [3.8, 4) is 0 Å². The van der Waals surface area contributed by atoms with Crippen molar-refractivity contribution in [2.24, 2.45) is 0 Å². The van der Waals surface area contributed by atoms with Crippen LogP contribution in [0.2, 0.25) is 0 Å². The van der Waals surface area contributed by atoms with Crippen molar-refractivity contribution in [1.29, 1.82) is 0 Å². The summed E-state index contributed by atoms with van der Waals surface area (Å²) in [4.78, 5) is 13.4. The molecule has 0 spiro atoms. The number of unbranched alkanes of at least 4 members (excludes halogenated alkanes) is 2. The Bertz CT molecular complexity index is 1090. The smallest absolute Gasteiger partial charge is 0.195 e. The average Bonchev–Trinajstić information content (AvgIpc) is 3.09. The van der Waals surface area contributed by atoms with Gasteiger partial charge in [-0.05, 0) is 36.1 Å². The topological polar surface area (TPSA) is 42.2 Å². The summed E-state index contributed by atoms with van der Waals surface area (Å²) in [6, 6.07) is 22.0. The number of aromatic nitrogens is 1. The first-order chi connectivity index (χ1) is 13.3. The van der Waals surface area contributed by atoms with Crippen LogP contribution in [0.3, 0.4) is 0 Å². The minimum atomic E-state index is 0.0668. The van der Waals surface area contributed by atoms with Crippen molar-refractivity contribution in [3.05, 3.63) is 84.1 Å². The van der Waals surface area contributed by atoms with Crippen molar-refractivity contribution in [2.45, 2.75) is 25.8 Å². The van der Waals surface area contributed by atoms with Gasteiger partial charge in [0.2, 0.25) is 0 Å². The molecule has 0 saturated carbocycles. The molecule has 0 aliphatic heterocycles. The molecule has 0 aliphatic carbocycles. The van der Waals surface area contributed by atoms with Crippen LogP contribution in [0.25, 0.3) is 21.7 Å². The Hall–Kier alpha value is -2.91. The highest BCUT2D eigenvalue weighted by atomic mass is 16.2. The second-order valence-electron chi connectivity index (χ2n) is 6.89. The fourth-order valence-corrected chi connectivity index (χ4v) is 3.75. The van der Waals surface area contributed by atoms with Gasteiger partial charge in [-0.3, -0.25) is 4.79 Å². The van der Waals surface area contributed by atoms with Crippen LogP contribution in [0.4, 0.5) is 0 Å². The molecule has 0 radical (unpaired) electrons. The van der Waals surface area contributed by atoms with Gasteiger partial charge >= 0.3 is 0 Å². The van der Waals surface area contributed by atoms with E-state index in [-0.39, 0.29) is 12.4 Å². The SMILES string of the molecule is O=C(c1cccc2ccccc12)c1cn(CCCCCO)[13c]2[13cH][13cH][13cH][13cH][13c]12. The second-order valence-corrected chi connectivity index (χ2v) is 6.89. The summed E-state index contributed by atoms with van der Waals surface area (Å²) in [5, 5.41) is 12.0. The maximum Gasteiger partial charge on any atom is 0.195 e. The molecule has 1 N–H and O–H groups in total. The molecule has 3 heteroatoms. The lowest BCUT2D eigenvalue weighted by Gasteiger charge is -2.05. The quantitative estimate of drug-likeness (QED) is 0.363. The van der Waals surface area contributed by atoms with Crippen LogP contribution >= 0.6 is 0 Å². The predicted molar refractivity (Wildman–Crippen MR) is 110 cm³/mol. The summed E-state index contributed by atoms with van der Waals surface area (Å²) in [5.74, 6) is 0.0668. The molecule has 1 heterocycles. The molecule has 136 valence electrons. The molecule has 0 amide bonds. The first-order valence-corrected chi connectivity index (χ1v) is 9.51. The number of carbonyl (C=O) groups excluding carboxylic acids is 1. The van der Waals surface area contributed by atoms with E-state index in [2.05, 4.69) is 10.6 Å². The lowest BCUT2D eigenvalue weighted by atomic mass is 10.00. The number of aliphatic hydroxyl groups is 1. The number of benzene rings is 3. The third kappa shape index (κ3) is 3.38. The van der Waals surface area contributed by atoms with Crippen molar-refractivity contribution in [3.63, 3.8) is 0 Å². The average molecular weight is 363 g/mol. The van der Waals surface area contributed by atoms with Gasteiger partial charge in [-0.15, -0.1) is 0 Å². The molecular weight excluding hydrogens is 340 g/mol. The van der Waals surface area contributed by atoms with E-state index in [4.69, 9.17) is 5.11 Å². The van der Waals surface area contributed by atoms with Gasteiger partial charge in [0.1, 0.15) is 0 Å². The van der Waals surface area contributed by atoms with Crippen LogP contribution in [0, 0.1) is 0 Å². The summed E-state index contributed by atoms with van der Waals surface area (Å²) in [7, 11) is 0. The van der Waals surface area contributed by atoms with Crippen LogP contribution in [0.1, 0.15) is 35.2 Å². The third-order valence-electron chi connectivity index (χ3n) is 5.12.